The van der Waals surface area contributed by atoms with E-state index in [0.717, 1.165) is 29.3 Å². The van der Waals surface area contributed by atoms with Crippen molar-refractivity contribution in [2.24, 2.45) is 5.92 Å². The Morgan fingerprint density at radius 1 is 0.973 bits per heavy atom. The number of ether oxygens (including phenoxy) is 1. The first-order valence-electron chi connectivity index (χ1n) is 13.4. The Bertz CT molecular complexity index is 1050. The van der Waals surface area contributed by atoms with Gasteiger partial charge in [0.25, 0.3) is 0 Å². The lowest BCUT2D eigenvalue weighted by atomic mass is 9.98. The molecule has 7 heteroatoms. The third-order valence-electron chi connectivity index (χ3n) is 7.42. The number of carboxylic acid groups (broad SMARTS) is 1. The van der Waals surface area contributed by atoms with Crippen molar-refractivity contribution in [1.82, 2.24) is 5.32 Å². The lowest BCUT2D eigenvalue weighted by Crippen LogP contribution is -2.44. The highest BCUT2D eigenvalue weighted by Gasteiger charge is 2.33. The predicted molar refractivity (Wildman–Crippen MR) is 150 cm³/mol. The van der Waals surface area contributed by atoms with Gasteiger partial charge in [0.1, 0.15) is 6.61 Å². The maximum Gasteiger partial charge on any atom is 0.407 e. The van der Waals surface area contributed by atoms with E-state index in [4.69, 9.17) is 9.16 Å². The fraction of sp³-hybridized carbons (Fsp3) is 0.467. The highest BCUT2D eigenvalue weighted by Crippen LogP contribution is 2.44. The SMILES string of the molecule is CC[Si](CC)(CC)O[C@@H](/C=C(\CC(C)C)C(=O)O)CNC(=O)OCC1c2ccccc2-c2ccccc21. The maximum atomic E-state index is 12.8. The lowest BCUT2D eigenvalue weighted by Gasteiger charge is -2.32. The molecule has 0 saturated heterocycles. The Balaban J connectivity index is 1.71. The summed E-state index contributed by atoms with van der Waals surface area (Å²) in [6.07, 6.45) is 1.09. The summed E-state index contributed by atoms with van der Waals surface area (Å²) in [7, 11) is -2.04. The second-order valence-corrected chi connectivity index (χ2v) is 14.9. The van der Waals surface area contributed by atoms with Gasteiger partial charge in [-0.05, 0) is 58.8 Å². The van der Waals surface area contributed by atoms with Gasteiger partial charge in [0.05, 0.1) is 6.10 Å². The molecule has 1 aliphatic carbocycles. The molecule has 1 amide bonds. The number of rotatable bonds is 13. The number of hydrogen-bond acceptors (Lipinski definition) is 4. The summed E-state index contributed by atoms with van der Waals surface area (Å²) in [6, 6.07) is 19.2. The molecule has 0 saturated carbocycles. The van der Waals surface area contributed by atoms with Crippen LogP contribution in [0.2, 0.25) is 18.1 Å². The fourth-order valence-electron chi connectivity index (χ4n) is 5.18. The number of hydrogen-bond donors (Lipinski definition) is 2. The van der Waals surface area contributed by atoms with Crippen LogP contribution in [0.1, 0.15) is 58.1 Å². The molecule has 3 rings (SSSR count). The zero-order chi connectivity index (χ0) is 27.0. The minimum atomic E-state index is -2.04. The maximum absolute atomic E-state index is 12.8. The molecule has 0 fully saturated rings. The summed E-state index contributed by atoms with van der Waals surface area (Å²) in [4.78, 5) is 24.7. The first kappa shape index (κ1) is 28.7. The summed E-state index contributed by atoms with van der Waals surface area (Å²) < 4.78 is 12.3. The number of carbonyl (C=O) groups excluding carboxylic acids is 1. The quantitative estimate of drug-likeness (QED) is 0.219. The number of fused-ring (bicyclic) bond motifs is 3. The molecule has 0 spiro atoms. The standard InChI is InChI=1S/C30H41NO5Si/c1-6-37(7-2,8-3)36-23(18-22(29(32)33)17-21(4)5)19-31-30(34)35-20-28-26-15-11-9-13-24(26)25-14-10-12-16-27(25)28/h9-16,18,21,23,28H,6-8,17,19-20H2,1-5H3,(H,31,34)(H,32,33)/b22-18+/t23-/m0/s1. The molecule has 1 aliphatic rings. The Hall–Kier alpha value is -2.90. The van der Waals surface area contributed by atoms with Crippen molar-refractivity contribution < 1.29 is 23.9 Å². The van der Waals surface area contributed by atoms with Crippen molar-refractivity contribution in [2.75, 3.05) is 13.2 Å². The number of nitrogens with one attached hydrogen (secondary N) is 1. The summed E-state index contributed by atoms with van der Waals surface area (Å²) in [5.41, 5.74) is 4.99. The molecule has 0 aromatic heterocycles. The second-order valence-electron chi connectivity index (χ2n) is 10.2. The molecule has 0 unspecified atom stereocenters. The molecule has 37 heavy (non-hydrogen) atoms. The van der Waals surface area contributed by atoms with Crippen LogP contribution >= 0.6 is 0 Å². The van der Waals surface area contributed by atoms with Crippen LogP contribution in [0.4, 0.5) is 4.79 Å². The van der Waals surface area contributed by atoms with Crippen LogP contribution in [0.3, 0.4) is 0 Å². The highest BCUT2D eigenvalue weighted by molar-refractivity contribution is 6.73. The summed E-state index contributed by atoms with van der Waals surface area (Å²) >= 11 is 0. The first-order valence-corrected chi connectivity index (χ1v) is 16.0. The summed E-state index contributed by atoms with van der Waals surface area (Å²) in [6.45, 7) is 10.8. The van der Waals surface area contributed by atoms with E-state index in [1.165, 1.54) is 11.1 Å². The summed E-state index contributed by atoms with van der Waals surface area (Å²) in [5, 5.41) is 12.6. The van der Waals surface area contributed by atoms with Crippen LogP contribution in [0.5, 0.6) is 0 Å². The molecule has 0 bridgehead atoms. The van der Waals surface area contributed by atoms with Gasteiger partial charge in [-0.1, -0.05) is 83.1 Å². The van der Waals surface area contributed by atoms with E-state index < -0.39 is 26.5 Å². The van der Waals surface area contributed by atoms with Gasteiger partial charge >= 0.3 is 12.1 Å². The van der Waals surface area contributed by atoms with Crippen LogP contribution in [0.15, 0.2) is 60.2 Å². The van der Waals surface area contributed by atoms with Gasteiger partial charge in [-0.2, -0.15) is 0 Å². The average Bonchev–Trinajstić information content (AvgIpc) is 3.22. The van der Waals surface area contributed by atoms with Gasteiger partial charge < -0.3 is 19.6 Å². The Kier molecular flexibility index (Phi) is 10.1. The minimum Gasteiger partial charge on any atom is -0.478 e. The normalized spacial score (nSPS) is 14.3. The molecule has 2 aromatic rings. The molecule has 200 valence electrons. The van der Waals surface area contributed by atoms with Crippen molar-refractivity contribution in [1.29, 1.82) is 0 Å². The van der Waals surface area contributed by atoms with Crippen LogP contribution < -0.4 is 5.32 Å². The molecule has 6 nitrogen and oxygen atoms in total. The number of alkyl carbamates (subject to hydrolysis) is 1. The number of carboxylic acids is 1. The lowest BCUT2D eigenvalue weighted by molar-refractivity contribution is -0.133. The number of aliphatic carboxylic acids is 1. The topological polar surface area (TPSA) is 84.9 Å². The first-order chi connectivity index (χ1) is 17.7. The van der Waals surface area contributed by atoms with Gasteiger partial charge in [0.15, 0.2) is 8.32 Å². The van der Waals surface area contributed by atoms with Crippen molar-refractivity contribution in [3.63, 3.8) is 0 Å². The van der Waals surface area contributed by atoms with Crippen molar-refractivity contribution in [3.8, 4) is 11.1 Å². The smallest absolute Gasteiger partial charge is 0.407 e. The molecule has 0 radical (unpaired) electrons. The molecule has 2 N–H and O–H groups in total. The Morgan fingerprint density at radius 2 is 1.51 bits per heavy atom. The molecule has 0 heterocycles. The van der Waals surface area contributed by atoms with Crippen molar-refractivity contribution in [3.05, 3.63) is 71.3 Å². The van der Waals surface area contributed by atoms with E-state index in [1.54, 1.807) is 6.08 Å². The summed E-state index contributed by atoms with van der Waals surface area (Å²) in [5.74, 6) is -0.765. The van der Waals surface area contributed by atoms with Gasteiger partial charge in [0, 0.05) is 18.0 Å². The third kappa shape index (κ3) is 7.11. The predicted octanol–water partition coefficient (Wildman–Crippen LogP) is 6.97. The molecular weight excluding hydrogens is 482 g/mol. The van der Waals surface area contributed by atoms with E-state index in [9.17, 15) is 14.7 Å². The zero-order valence-corrected chi connectivity index (χ0v) is 23.8. The van der Waals surface area contributed by atoms with Crippen molar-refractivity contribution >= 4 is 20.4 Å². The Morgan fingerprint density at radius 3 is 2.00 bits per heavy atom. The van der Waals surface area contributed by atoms with Gasteiger partial charge in [0.2, 0.25) is 0 Å². The molecule has 2 aromatic carbocycles. The Labute approximate surface area is 222 Å². The number of benzene rings is 2. The molecular formula is C30H41NO5Si. The van der Waals surface area contributed by atoms with E-state index in [2.05, 4.69) is 50.4 Å². The van der Waals surface area contributed by atoms with Crippen LogP contribution in [0, 0.1) is 5.92 Å². The molecule has 0 aliphatic heterocycles. The van der Waals surface area contributed by atoms with Crippen LogP contribution in [-0.4, -0.2) is 44.7 Å². The average molecular weight is 524 g/mol. The van der Waals surface area contributed by atoms with Crippen LogP contribution in [0.25, 0.3) is 11.1 Å². The van der Waals surface area contributed by atoms with E-state index >= 15 is 0 Å². The van der Waals surface area contributed by atoms with Crippen molar-refractivity contribution in [2.45, 2.75) is 71.2 Å². The van der Waals surface area contributed by atoms with E-state index in [1.807, 2.05) is 38.1 Å². The van der Waals surface area contributed by atoms with Gasteiger partial charge in [-0.15, -0.1) is 0 Å². The minimum absolute atomic E-state index is 0.0184. The van der Waals surface area contributed by atoms with E-state index in [-0.39, 0.29) is 25.0 Å². The zero-order valence-electron chi connectivity index (χ0n) is 22.8. The van der Waals surface area contributed by atoms with Gasteiger partial charge in [-0.25, -0.2) is 9.59 Å². The van der Waals surface area contributed by atoms with E-state index in [0.29, 0.717) is 12.0 Å². The van der Waals surface area contributed by atoms with Crippen LogP contribution in [-0.2, 0) is 14.0 Å². The third-order valence-corrected chi connectivity index (χ3v) is 12.1. The highest BCUT2D eigenvalue weighted by atomic mass is 28.4. The number of carbonyl (C=O) groups is 2. The fourth-order valence-corrected chi connectivity index (χ4v) is 7.97. The molecule has 1 atom stereocenters. The number of amides is 1. The van der Waals surface area contributed by atoms with Gasteiger partial charge in [-0.3, -0.25) is 0 Å². The largest absolute Gasteiger partial charge is 0.478 e. The monoisotopic (exact) mass is 523 g/mol. The second kappa shape index (κ2) is 13.1.